The molecule has 1 N–H and O–H groups in total. The van der Waals surface area contributed by atoms with Crippen molar-refractivity contribution in [2.75, 3.05) is 13.1 Å². The lowest BCUT2D eigenvalue weighted by Crippen LogP contribution is -2.46. The van der Waals surface area contributed by atoms with Crippen LogP contribution in [-0.2, 0) is 0 Å². The fourth-order valence-electron chi connectivity index (χ4n) is 4.19. The number of piperidine rings is 1. The van der Waals surface area contributed by atoms with Gasteiger partial charge in [-0.1, -0.05) is 37.6 Å². The van der Waals surface area contributed by atoms with Gasteiger partial charge in [0.05, 0.1) is 0 Å². The second-order valence-corrected chi connectivity index (χ2v) is 8.02. The zero-order chi connectivity index (χ0) is 14.2. The van der Waals surface area contributed by atoms with Gasteiger partial charge in [-0.3, -0.25) is 0 Å². The summed E-state index contributed by atoms with van der Waals surface area (Å²) in [6.45, 7) is 7.14. The van der Waals surface area contributed by atoms with E-state index < -0.39 is 0 Å². The molecule has 2 aliphatic rings. The Labute approximate surface area is 128 Å². The van der Waals surface area contributed by atoms with Crippen LogP contribution in [0.4, 0.5) is 0 Å². The zero-order valence-electron chi connectivity index (χ0n) is 12.7. The van der Waals surface area contributed by atoms with Crippen molar-refractivity contribution in [3.63, 3.8) is 0 Å². The first-order valence-electron chi connectivity index (χ1n) is 7.97. The van der Waals surface area contributed by atoms with Crippen LogP contribution in [0.15, 0.2) is 24.3 Å². The molecule has 1 spiro atoms. The summed E-state index contributed by atoms with van der Waals surface area (Å²) < 4.78 is 0. The number of hydrogen-bond donors (Lipinski definition) is 1. The average molecular weight is 292 g/mol. The highest BCUT2D eigenvalue weighted by Gasteiger charge is 2.45. The maximum absolute atomic E-state index is 6.22. The van der Waals surface area contributed by atoms with Crippen LogP contribution in [-0.4, -0.2) is 13.1 Å². The molecule has 1 nitrogen and oxygen atoms in total. The quantitative estimate of drug-likeness (QED) is 0.767. The summed E-state index contributed by atoms with van der Waals surface area (Å²) in [5.74, 6) is 0.631. The van der Waals surface area contributed by atoms with Crippen molar-refractivity contribution in [2.45, 2.75) is 51.9 Å². The molecule has 0 bridgehead atoms. The van der Waals surface area contributed by atoms with Crippen LogP contribution in [0.1, 0.15) is 57.4 Å². The van der Waals surface area contributed by atoms with Gasteiger partial charge in [0.1, 0.15) is 0 Å². The third-order valence-electron chi connectivity index (χ3n) is 5.74. The number of benzene rings is 1. The van der Waals surface area contributed by atoms with Crippen LogP contribution in [0.3, 0.4) is 0 Å². The van der Waals surface area contributed by atoms with Gasteiger partial charge in [0, 0.05) is 17.5 Å². The Bertz CT molecular complexity index is 470. The van der Waals surface area contributed by atoms with Gasteiger partial charge in [-0.2, -0.15) is 0 Å². The third-order valence-corrected chi connectivity index (χ3v) is 5.97. The summed E-state index contributed by atoms with van der Waals surface area (Å²) in [6, 6.07) is 8.54. The van der Waals surface area contributed by atoms with Crippen LogP contribution in [0.5, 0.6) is 0 Å². The molecule has 1 aromatic rings. The second-order valence-electron chi connectivity index (χ2n) is 7.59. The molecule has 1 saturated carbocycles. The van der Waals surface area contributed by atoms with E-state index in [1.165, 1.54) is 44.2 Å². The summed E-state index contributed by atoms with van der Waals surface area (Å²) in [5, 5.41) is 4.48. The Balaban J connectivity index is 1.88. The molecule has 1 aliphatic heterocycles. The molecule has 1 atom stereocenters. The molecular weight excluding hydrogens is 266 g/mol. The predicted molar refractivity (Wildman–Crippen MR) is 86.4 cm³/mol. The van der Waals surface area contributed by atoms with Crippen molar-refractivity contribution in [1.82, 2.24) is 5.32 Å². The van der Waals surface area contributed by atoms with Gasteiger partial charge in [-0.25, -0.2) is 0 Å². The minimum absolute atomic E-state index is 0.505. The summed E-state index contributed by atoms with van der Waals surface area (Å²) >= 11 is 6.22. The van der Waals surface area contributed by atoms with Crippen LogP contribution < -0.4 is 5.32 Å². The Morgan fingerprint density at radius 1 is 1.10 bits per heavy atom. The number of rotatable bonds is 1. The molecule has 1 saturated heterocycles. The summed E-state index contributed by atoms with van der Waals surface area (Å²) in [6.07, 6.45) is 6.80. The Morgan fingerprint density at radius 3 is 2.55 bits per heavy atom. The first-order valence-corrected chi connectivity index (χ1v) is 8.35. The monoisotopic (exact) mass is 291 g/mol. The van der Waals surface area contributed by atoms with Crippen molar-refractivity contribution in [3.05, 3.63) is 34.9 Å². The van der Waals surface area contributed by atoms with Gasteiger partial charge < -0.3 is 5.32 Å². The topological polar surface area (TPSA) is 12.0 Å². The minimum atomic E-state index is 0.505. The first-order chi connectivity index (χ1) is 9.51. The van der Waals surface area contributed by atoms with Crippen molar-refractivity contribution in [1.29, 1.82) is 0 Å². The predicted octanol–water partition coefficient (Wildman–Crippen LogP) is 5.00. The smallest absolute Gasteiger partial charge is 0.0408 e. The van der Waals surface area contributed by atoms with Gasteiger partial charge >= 0.3 is 0 Å². The van der Waals surface area contributed by atoms with E-state index in [1.54, 1.807) is 0 Å². The Kier molecular flexibility index (Phi) is 3.85. The van der Waals surface area contributed by atoms with E-state index in [1.807, 2.05) is 6.07 Å². The van der Waals surface area contributed by atoms with Crippen LogP contribution >= 0.6 is 11.6 Å². The number of hydrogen-bond acceptors (Lipinski definition) is 1. The molecule has 20 heavy (non-hydrogen) atoms. The molecule has 1 aliphatic carbocycles. The summed E-state index contributed by atoms with van der Waals surface area (Å²) in [5.41, 5.74) is 2.48. The number of halogens is 1. The van der Waals surface area contributed by atoms with Crippen LogP contribution in [0.25, 0.3) is 0 Å². The molecule has 110 valence electrons. The molecule has 2 fully saturated rings. The number of nitrogens with one attached hydrogen (secondary N) is 1. The highest BCUT2D eigenvalue weighted by Crippen LogP contribution is 2.54. The third kappa shape index (κ3) is 2.76. The van der Waals surface area contributed by atoms with Gasteiger partial charge in [-0.15, -0.1) is 0 Å². The van der Waals surface area contributed by atoms with E-state index in [9.17, 15) is 0 Å². The molecule has 3 rings (SSSR count). The summed E-state index contributed by atoms with van der Waals surface area (Å²) in [4.78, 5) is 0. The molecule has 0 amide bonds. The molecule has 1 heterocycles. The van der Waals surface area contributed by atoms with Crippen LogP contribution in [0, 0.1) is 10.8 Å². The van der Waals surface area contributed by atoms with E-state index >= 15 is 0 Å². The maximum atomic E-state index is 6.22. The molecule has 2 heteroatoms. The largest absolute Gasteiger partial charge is 0.316 e. The minimum Gasteiger partial charge on any atom is -0.316 e. The van der Waals surface area contributed by atoms with E-state index in [0.717, 1.165) is 11.6 Å². The fourth-order valence-corrected chi connectivity index (χ4v) is 4.39. The highest BCUT2D eigenvalue weighted by atomic mass is 35.5. The molecule has 1 aromatic carbocycles. The van der Waals surface area contributed by atoms with E-state index in [0.29, 0.717) is 16.7 Å². The molecule has 0 aromatic heterocycles. The highest BCUT2D eigenvalue weighted by molar-refractivity contribution is 6.30. The second kappa shape index (κ2) is 5.35. The summed E-state index contributed by atoms with van der Waals surface area (Å²) in [7, 11) is 0. The molecular formula is C18H26ClN. The van der Waals surface area contributed by atoms with Gasteiger partial charge in [-0.05, 0) is 67.2 Å². The zero-order valence-corrected chi connectivity index (χ0v) is 13.5. The van der Waals surface area contributed by atoms with Crippen molar-refractivity contribution in [2.24, 2.45) is 10.8 Å². The molecule has 0 radical (unpaired) electrons. The van der Waals surface area contributed by atoms with E-state index in [2.05, 4.69) is 37.4 Å². The van der Waals surface area contributed by atoms with Gasteiger partial charge in [0.15, 0.2) is 0 Å². The van der Waals surface area contributed by atoms with E-state index in [4.69, 9.17) is 11.6 Å². The Morgan fingerprint density at radius 2 is 1.85 bits per heavy atom. The molecule has 1 unspecified atom stereocenters. The van der Waals surface area contributed by atoms with Gasteiger partial charge in [0.25, 0.3) is 0 Å². The standard InChI is InChI=1S/C18H26ClN/c1-17(2)6-8-18(9-7-17)10-11-20-13-16(18)14-4-3-5-15(19)12-14/h3-5,12,16,20H,6-11,13H2,1-2H3. The van der Waals surface area contributed by atoms with Crippen molar-refractivity contribution < 1.29 is 0 Å². The van der Waals surface area contributed by atoms with Crippen molar-refractivity contribution >= 4 is 11.6 Å². The van der Waals surface area contributed by atoms with Gasteiger partial charge in [0.2, 0.25) is 0 Å². The maximum Gasteiger partial charge on any atom is 0.0408 e. The SMILES string of the molecule is CC1(C)CCC2(CCNCC2c2cccc(Cl)c2)CC1. The fraction of sp³-hybridized carbons (Fsp3) is 0.667. The van der Waals surface area contributed by atoms with E-state index in [-0.39, 0.29) is 0 Å². The normalized spacial score (nSPS) is 28.4. The lowest BCUT2D eigenvalue weighted by molar-refractivity contribution is 0.0499. The van der Waals surface area contributed by atoms with Crippen molar-refractivity contribution in [3.8, 4) is 0 Å². The Hall–Kier alpha value is -0.530. The van der Waals surface area contributed by atoms with Crippen LogP contribution in [0.2, 0.25) is 5.02 Å². The average Bonchev–Trinajstić information content (AvgIpc) is 2.43. The lowest BCUT2D eigenvalue weighted by Gasteiger charge is -2.51. The lowest BCUT2D eigenvalue weighted by atomic mass is 9.56. The first kappa shape index (κ1) is 14.4.